The molecule has 0 saturated carbocycles. The van der Waals surface area contributed by atoms with Gasteiger partial charge in [0.1, 0.15) is 6.10 Å². The molecule has 2 rings (SSSR count). The van der Waals surface area contributed by atoms with E-state index in [2.05, 4.69) is 0 Å². The van der Waals surface area contributed by atoms with E-state index in [1.165, 1.54) is 0 Å². The van der Waals surface area contributed by atoms with Crippen molar-refractivity contribution in [2.75, 3.05) is 26.3 Å². The number of aliphatic hydroxyl groups excluding tert-OH is 1. The maximum Gasteiger partial charge on any atom is 0.410 e. The monoisotopic (exact) mass is 201 g/mol. The zero-order valence-corrected chi connectivity index (χ0v) is 8.02. The van der Waals surface area contributed by atoms with Gasteiger partial charge in [0, 0.05) is 6.61 Å². The largest absolute Gasteiger partial charge is 0.442 e. The van der Waals surface area contributed by atoms with Crippen molar-refractivity contribution in [1.29, 1.82) is 0 Å². The van der Waals surface area contributed by atoms with Crippen LogP contribution in [0.4, 0.5) is 4.79 Å². The number of ether oxygens (including phenoxy) is 2. The van der Waals surface area contributed by atoms with E-state index < -0.39 is 0 Å². The fourth-order valence-electron chi connectivity index (χ4n) is 1.85. The quantitative estimate of drug-likeness (QED) is 0.697. The highest BCUT2D eigenvalue weighted by Gasteiger charge is 2.33. The zero-order chi connectivity index (χ0) is 9.97. The van der Waals surface area contributed by atoms with E-state index in [0.29, 0.717) is 13.1 Å². The lowest BCUT2D eigenvalue weighted by Gasteiger charge is -2.17. The van der Waals surface area contributed by atoms with Crippen molar-refractivity contribution in [1.82, 2.24) is 4.90 Å². The maximum absolute atomic E-state index is 11.3. The standard InChI is InChI=1S/C9H15NO4/c11-6-8-5-10(9(12)14-8)4-7-2-1-3-13-7/h7-8,11H,1-6H2/t7?,8-/m1/s1. The van der Waals surface area contributed by atoms with Crippen LogP contribution < -0.4 is 0 Å². The van der Waals surface area contributed by atoms with Crippen LogP contribution in [0.1, 0.15) is 12.8 Å². The molecule has 0 aromatic heterocycles. The fourth-order valence-corrected chi connectivity index (χ4v) is 1.85. The number of rotatable bonds is 3. The van der Waals surface area contributed by atoms with Gasteiger partial charge < -0.3 is 19.5 Å². The minimum atomic E-state index is -0.357. The van der Waals surface area contributed by atoms with Crippen molar-refractivity contribution >= 4 is 6.09 Å². The van der Waals surface area contributed by atoms with Crippen LogP contribution in [0.5, 0.6) is 0 Å². The molecule has 5 heteroatoms. The van der Waals surface area contributed by atoms with Crippen molar-refractivity contribution in [3.63, 3.8) is 0 Å². The molecule has 0 radical (unpaired) electrons. The molecule has 0 aliphatic carbocycles. The van der Waals surface area contributed by atoms with E-state index in [9.17, 15) is 4.79 Å². The number of aliphatic hydroxyl groups is 1. The third-order valence-corrected chi connectivity index (χ3v) is 2.60. The van der Waals surface area contributed by atoms with E-state index in [-0.39, 0.29) is 24.9 Å². The molecule has 2 aliphatic rings. The number of carbonyl (C=O) groups is 1. The minimum absolute atomic E-state index is 0.103. The third-order valence-electron chi connectivity index (χ3n) is 2.60. The normalized spacial score (nSPS) is 32.4. The Morgan fingerprint density at radius 2 is 2.36 bits per heavy atom. The molecule has 1 unspecified atom stereocenters. The van der Waals surface area contributed by atoms with Gasteiger partial charge in [-0.05, 0) is 12.8 Å². The molecular weight excluding hydrogens is 186 g/mol. The van der Waals surface area contributed by atoms with Crippen LogP contribution in [0.25, 0.3) is 0 Å². The lowest BCUT2D eigenvalue weighted by atomic mass is 10.2. The van der Waals surface area contributed by atoms with Gasteiger partial charge >= 0.3 is 6.09 Å². The SMILES string of the molecule is O=C1O[C@@H](CO)CN1CC1CCCO1. The van der Waals surface area contributed by atoms with E-state index in [4.69, 9.17) is 14.6 Å². The highest BCUT2D eigenvalue weighted by atomic mass is 16.6. The van der Waals surface area contributed by atoms with Gasteiger partial charge in [-0.25, -0.2) is 4.79 Å². The van der Waals surface area contributed by atoms with Crippen LogP contribution in [-0.4, -0.2) is 54.6 Å². The summed E-state index contributed by atoms with van der Waals surface area (Å²) >= 11 is 0. The molecule has 2 aliphatic heterocycles. The molecule has 5 nitrogen and oxygen atoms in total. The smallest absolute Gasteiger partial charge is 0.410 e. The Morgan fingerprint density at radius 1 is 1.50 bits per heavy atom. The predicted molar refractivity (Wildman–Crippen MR) is 47.9 cm³/mol. The summed E-state index contributed by atoms with van der Waals surface area (Å²) in [5, 5.41) is 8.83. The number of cyclic esters (lactones) is 1. The first-order valence-corrected chi connectivity index (χ1v) is 4.97. The zero-order valence-electron chi connectivity index (χ0n) is 8.02. The first-order valence-electron chi connectivity index (χ1n) is 4.97. The van der Waals surface area contributed by atoms with Gasteiger partial charge in [-0.2, -0.15) is 0 Å². The van der Waals surface area contributed by atoms with E-state index in [1.54, 1.807) is 4.90 Å². The Kier molecular flexibility index (Phi) is 2.88. The van der Waals surface area contributed by atoms with Crippen molar-refractivity contribution in [3.8, 4) is 0 Å². The van der Waals surface area contributed by atoms with Crippen LogP contribution in [-0.2, 0) is 9.47 Å². The van der Waals surface area contributed by atoms with Crippen LogP contribution >= 0.6 is 0 Å². The molecule has 2 atom stereocenters. The number of hydrogen-bond acceptors (Lipinski definition) is 4. The number of nitrogens with zero attached hydrogens (tertiary/aromatic N) is 1. The molecule has 1 amide bonds. The van der Waals surface area contributed by atoms with Gasteiger partial charge in [0.05, 0.1) is 25.8 Å². The van der Waals surface area contributed by atoms with Crippen LogP contribution in [0, 0.1) is 0 Å². The molecule has 0 spiro atoms. The van der Waals surface area contributed by atoms with Gasteiger partial charge in [-0.15, -0.1) is 0 Å². The van der Waals surface area contributed by atoms with Crippen molar-refractivity contribution in [2.45, 2.75) is 25.0 Å². The summed E-state index contributed by atoms with van der Waals surface area (Å²) < 4.78 is 10.3. The second kappa shape index (κ2) is 4.14. The molecular formula is C9H15NO4. The van der Waals surface area contributed by atoms with Crippen LogP contribution in [0.2, 0.25) is 0 Å². The summed E-state index contributed by atoms with van der Waals surface area (Å²) in [6, 6.07) is 0. The molecule has 2 fully saturated rings. The minimum Gasteiger partial charge on any atom is -0.442 e. The highest BCUT2D eigenvalue weighted by molar-refractivity contribution is 5.69. The molecule has 2 saturated heterocycles. The Bertz CT molecular complexity index is 215. The first-order chi connectivity index (χ1) is 6.79. The highest BCUT2D eigenvalue weighted by Crippen LogP contribution is 2.17. The Morgan fingerprint density at radius 3 is 2.93 bits per heavy atom. The average Bonchev–Trinajstić information content (AvgIpc) is 2.78. The molecule has 1 N–H and O–H groups in total. The molecule has 0 aromatic carbocycles. The van der Waals surface area contributed by atoms with E-state index in [0.717, 1.165) is 19.4 Å². The second-order valence-corrected chi connectivity index (χ2v) is 3.73. The van der Waals surface area contributed by atoms with Crippen molar-refractivity contribution in [3.05, 3.63) is 0 Å². The third kappa shape index (κ3) is 1.99. The predicted octanol–water partition coefficient (Wildman–Crippen LogP) is -0.0215. The van der Waals surface area contributed by atoms with E-state index >= 15 is 0 Å². The first kappa shape index (κ1) is 9.73. The van der Waals surface area contributed by atoms with Gasteiger partial charge in [0.25, 0.3) is 0 Å². The lowest BCUT2D eigenvalue weighted by molar-refractivity contribution is 0.0807. The van der Waals surface area contributed by atoms with Crippen molar-refractivity contribution in [2.24, 2.45) is 0 Å². The van der Waals surface area contributed by atoms with Crippen LogP contribution in [0.15, 0.2) is 0 Å². The van der Waals surface area contributed by atoms with Gasteiger partial charge in [0.15, 0.2) is 0 Å². The average molecular weight is 201 g/mol. The Hall–Kier alpha value is -0.810. The summed E-state index contributed by atoms with van der Waals surface area (Å²) in [5.41, 5.74) is 0. The summed E-state index contributed by atoms with van der Waals surface area (Å²) in [7, 11) is 0. The topological polar surface area (TPSA) is 59.0 Å². The Balaban J connectivity index is 1.82. The number of carbonyl (C=O) groups excluding carboxylic acids is 1. The van der Waals surface area contributed by atoms with Crippen molar-refractivity contribution < 1.29 is 19.4 Å². The van der Waals surface area contributed by atoms with Crippen LogP contribution in [0.3, 0.4) is 0 Å². The van der Waals surface area contributed by atoms with Gasteiger partial charge in [-0.1, -0.05) is 0 Å². The fraction of sp³-hybridized carbons (Fsp3) is 0.889. The summed E-state index contributed by atoms with van der Waals surface area (Å²) in [4.78, 5) is 12.9. The van der Waals surface area contributed by atoms with E-state index in [1.807, 2.05) is 0 Å². The maximum atomic E-state index is 11.3. The molecule has 0 aromatic rings. The molecule has 0 bridgehead atoms. The number of amides is 1. The van der Waals surface area contributed by atoms with Gasteiger partial charge in [0.2, 0.25) is 0 Å². The molecule has 2 heterocycles. The Labute approximate surface area is 82.6 Å². The molecule has 80 valence electrons. The summed E-state index contributed by atoms with van der Waals surface area (Å²) in [6.45, 7) is 1.76. The summed E-state index contributed by atoms with van der Waals surface area (Å²) in [6.07, 6.45) is 1.54. The molecule has 14 heavy (non-hydrogen) atoms. The lowest BCUT2D eigenvalue weighted by Crippen LogP contribution is -2.33. The number of hydrogen-bond donors (Lipinski definition) is 1. The van der Waals surface area contributed by atoms with Gasteiger partial charge in [-0.3, -0.25) is 0 Å². The second-order valence-electron chi connectivity index (χ2n) is 3.73. The summed E-state index contributed by atoms with van der Waals surface area (Å²) in [5.74, 6) is 0.